The second kappa shape index (κ2) is 8.14. The van der Waals surface area contributed by atoms with Crippen LogP contribution in [0.2, 0.25) is 0 Å². The molecule has 3 atom stereocenters. The molecule has 2 heterocycles. The van der Waals surface area contributed by atoms with Crippen LogP contribution in [0.1, 0.15) is 11.1 Å². The predicted octanol–water partition coefficient (Wildman–Crippen LogP) is 2.13. The summed E-state index contributed by atoms with van der Waals surface area (Å²) in [5.41, 5.74) is 0.125. The lowest BCUT2D eigenvalue weighted by Gasteiger charge is -2.32. The van der Waals surface area contributed by atoms with Gasteiger partial charge in [0.05, 0.1) is 12.8 Å². The molecule has 2 saturated heterocycles. The molecule has 6 nitrogen and oxygen atoms in total. The van der Waals surface area contributed by atoms with Gasteiger partial charge in [0.2, 0.25) is 11.8 Å². The van der Waals surface area contributed by atoms with E-state index in [1.807, 2.05) is 0 Å². The molecule has 0 spiro atoms. The number of amides is 2. The zero-order valence-electron chi connectivity index (χ0n) is 18.2. The number of imide groups is 1. The molecule has 2 fully saturated rings. The SMILES string of the molecule is COC(=O)[C@@H]1[NH2+]C(c2ccc(F)cc2)(c2ccc(F)cc2)[C@@H]2C(=O)N(c3ccccc3)C(=O)[C@@H]21. The number of hydrogen-bond donors (Lipinski definition) is 1. The first-order valence-electron chi connectivity index (χ1n) is 10.8. The molecule has 5 rings (SSSR count). The van der Waals surface area contributed by atoms with E-state index in [-0.39, 0.29) is 0 Å². The minimum atomic E-state index is -1.29. The topological polar surface area (TPSA) is 80.3 Å². The summed E-state index contributed by atoms with van der Waals surface area (Å²) in [6, 6.07) is 18.6. The fourth-order valence-electron chi connectivity index (χ4n) is 5.37. The summed E-state index contributed by atoms with van der Waals surface area (Å²) in [5.74, 6) is -4.65. The summed E-state index contributed by atoms with van der Waals surface area (Å²) in [7, 11) is 1.22. The van der Waals surface area contributed by atoms with Gasteiger partial charge in [-0.25, -0.2) is 18.5 Å². The number of halogens is 2. The van der Waals surface area contributed by atoms with Crippen molar-refractivity contribution < 1.29 is 33.2 Å². The van der Waals surface area contributed by atoms with Gasteiger partial charge >= 0.3 is 5.97 Å². The van der Waals surface area contributed by atoms with Crippen LogP contribution in [0.4, 0.5) is 14.5 Å². The van der Waals surface area contributed by atoms with Crippen LogP contribution in [-0.2, 0) is 24.7 Å². The van der Waals surface area contributed by atoms with Crippen molar-refractivity contribution in [3.05, 3.63) is 102 Å². The highest BCUT2D eigenvalue weighted by atomic mass is 19.1. The standard InChI is InChI=1S/C26H20F2N2O4/c1-34-25(33)22-20-21(24(32)30(23(20)31)19-5-3-2-4-6-19)26(29-22,15-7-11-17(27)12-8-15)16-9-13-18(28)14-10-16/h2-14,20-22,29H,1H3/p+1/t20-,21-,22+/m0/s1. The summed E-state index contributed by atoms with van der Waals surface area (Å²) in [4.78, 5) is 41.5. The Bertz CT molecular complexity index is 1220. The van der Waals surface area contributed by atoms with Crippen LogP contribution in [0.15, 0.2) is 78.9 Å². The van der Waals surface area contributed by atoms with Gasteiger partial charge in [-0.3, -0.25) is 9.59 Å². The number of para-hydroxylation sites is 1. The van der Waals surface area contributed by atoms with Gasteiger partial charge in [-0.1, -0.05) is 18.2 Å². The maximum absolute atomic E-state index is 13.9. The van der Waals surface area contributed by atoms with E-state index >= 15 is 0 Å². The Morgan fingerprint density at radius 3 is 1.88 bits per heavy atom. The van der Waals surface area contributed by atoms with Crippen LogP contribution in [-0.4, -0.2) is 30.9 Å². The number of anilines is 1. The molecule has 2 aliphatic heterocycles. The lowest BCUT2D eigenvalue weighted by atomic mass is 9.71. The maximum atomic E-state index is 13.9. The Morgan fingerprint density at radius 1 is 0.853 bits per heavy atom. The number of methoxy groups -OCH3 is 1. The van der Waals surface area contributed by atoms with Crippen molar-refractivity contribution >= 4 is 23.5 Å². The van der Waals surface area contributed by atoms with E-state index < -0.39 is 52.8 Å². The Balaban J connectivity index is 1.76. The normalized spacial score (nSPS) is 23.1. The highest BCUT2D eigenvalue weighted by Crippen LogP contribution is 2.48. The van der Waals surface area contributed by atoms with E-state index in [1.165, 1.54) is 55.6 Å². The summed E-state index contributed by atoms with van der Waals surface area (Å²) in [6.45, 7) is 0. The fourth-order valence-corrected chi connectivity index (χ4v) is 5.37. The van der Waals surface area contributed by atoms with Crippen molar-refractivity contribution in [2.75, 3.05) is 12.0 Å². The third kappa shape index (κ3) is 3.13. The average Bonchev–Trinajstić information content (AvgIpc) is 3.34. The highest BCUT2D eigenvalue weighted by Gasteiger charge is 2.72. The minimum absolute atomic E-state index is 0.391. The first-order chi connectivity index (χ1) is 16.4. The number of nitrogens with two attached hydrogens (primary N) is 1. The van der Waals surface area contributed by atoms with Crippen LogP contribution in [0.25, 0.3) is 0 Å². The predicted molar refractivity (Wildman–Crippen MR) is 117 cm³/mol. The van der Waals surface area contributed by atoms with E-state index in [4.69, 9.17) is 4.74 Å². The van der Waals surface area contributed by atoms with Crippen LogP contribution in [0.5, 0.6) is 0 Å². The summed E-state index contributed by atoms with van der Waals surface area (Å²) in [5, 5.41) is 1.63. The average molecular weight is 463 g/mol. The smallest absolute Gasteiger partial charge is 0.365 e. The molecular formula is C26H21F2N2O4+. The van der Waals surface area contributed by atoms with E-state index in [1.54, 1.807) is 35.6 Å². The Morgan fingerprint density at radius 2 is 1.38 bits per heavy atom. The van der Waals surface area contributed by atoms with Gasteiger partial charge in [-0.15, -0.1) is 0 Å². The first kappa shape index (κ1) is 21.9. The minimum Gasteiger partial charge on any atom is -0.465 e. The molecular weight excluding hydrogens is 442 g/mol. The number of hydrogen-bond acceptors (Lipinski definition) is 4. The highest BCUT2D eigenvalue weighted by molar-refractivity contribution is 6.23. The molecule has 0 bridgehead atoms. The summed E-state index contributed by atoms with van der Waals surface area (Å²) < 4.78 is 32.7. The molecule has 0 aliphatic carbocycles. The van der Waals surface area contributed by atoms with E-state index in [2.05, 4.69) is 0 Å². The van der Waals surface area contributed by atoms with E-state index in [0.717, 1.165) is 4.90 Å². The van der Waals surface area contributed by atoms with Crippen molar-refractivity contribution in [3.63, 3.8) is 0 Å². The quantitative estimate of drug-likeness (QED) is 0.475. The Hall–Kier alpha value is -3.91. The molecule has 0 unspecified atom stereocenters. The van der Waals surface area contributed by atoms with Crippen molar-refractivity contribution in [1.29, 1.82) is 0 Å². The van der Waals surface area contributed by atoms with Crippen LogP contribution in [0.3, 0.4) is 0 Å². The van der Waals surface area contributed by atoms with E-state index in [9.17, 15) is 23.2 Å². The number of quaternary nitrogens is 1. The van der Waals surface area contributed by atoms with Crippen molar-refractivity contribution in [3.8, 4) is 0 Å². The van der Waals surface area contributed by atoms with Gasteiger partial charge in [0.1, 0.15) is 23.5 Å². The molecule has 2 aliphatic rings. The number of nitrogens with zero attached hydrogens (tertiary/aromatic N) is 1. The lowest BCUT2D eigenvalue weighted by Crippen LogP contribution is -2.99. The number of ether oxygens (including phenoxy) is 1. The number of fused-ring (bicyclic) bond motifs is 1. The third-order valence-corrected chi connectivity index (χ3v) is 6.80. The molecule has 172 valence electrons. The lowest BCUT2D eigenvalue weighted by molar-refractivity contribution is -0.729. The van der Waals surface area contributed by atoms with Gasteiger partial charge in [-0.2, -0.15) is 0 Å². The third-order valence-electron chi connectivity index (χ3n) is 6.80. The molecule has 0 saturated carbocycles. The van der Waals surface area contributed by atoms with Crippen LogP contribution >= 0.6 is 0 Å². The van der Waals surface area contributed by atoms with Crippen molar-refractivity contribution in [2.24, 2.45) is 11.8 Å². The number of benzene rings is 3. The monoisotopic (exact) mass is 463 g/mol. The van der Waals surface area contributed by atoms with Gasteiger partial charge in [-0.05, 0) is 60.7 Å². The number of carbonyl (C=O) groups excluding carboxylic acids is 3. The zero-order chi connectivity index (χ0) is 24.0. The second-order valence-corrected chi connectivity index (χ2v) is 8.45. The van der Waals surface area contributed by atoms with Gasteiger partial charge in [0.25, 0.3) is 0 Å². The summed E-state index contributed by atoms with van der Waals surface area (Å²) in [6.07, 6.45) is 0. The molecule has 0 aromatic heterocycles. The molecule has 3 aromatic rings. The Labute approximate surface area is 194 Å². The fraction of sp³-hybridized carbons (Fsp3) is 0.192. The van der Waals surface area contributed by atoms with E-state index in [0.29, 0.717) is 16.8 Å². The maximum Gasteiger partial charge on any atom is 0.365 e. The molecule has 2 N–H and O–H groups in total. The molecule has 8 heteroatoms. The van der Waals surface area contributed by atoms with Gasteiger partial charge in [0.15, 0.2) is 11.6 Å². The zero-order valence-corrected chi connectivity index (χ0v) is 18.2. The molecule has 0 radical (unpaired) electrons. The van der Waals surface area contributed by atoms with Gasteiger partial charge in [0, 0.05) is 11.1 Å². The Kier molecular flexibility index (Phi) is 5.25. The number of carbonyl (C=O) groups is 3. The largest absolute Gasteiger partial charge is 0.465 e. The molecule has 2 amide bonds. The first-order valence-corrected chi connectivity index (χ1v) is 10.8. The number of esters is 1. The van der Waals surface area contributed by atoms with Crippen LogP contribution < -0.4 is 10.2 Å². The van der Waals surface area contributed by atoms with Crippen molar-refractivity contribution in [2.45, 2.75) is 11.6 Å². The molecule has 3 aromatic carbocycles. The molecule has 34 heavy (non-hydrogen) atoms. The number of rotatable bonds is 4. The van der Waals surface area contributed by atoms with Crippen molar-refractivity contribution in [1.82, 2.24) is 0 Å². The van der Waals surface area contributed by atoms with Gasteiger partial charge < -0.3 is 10.1 Å². The summed E-state index contributed by atoms with van der Waals surface area (Å²) >= 11 is 0. The second-order valence-electron chi connectivity index (χ2n) is 8.45. The van der Waals surface area contributed by atoms with Crippen LogP contribution in [0, 0.1) is 23.5 Å².